The van der Waals surface area contributed by atoms with E-state index in [1.54, 1.807) is 18.2 Å². The SMILES string of the molecule is Cl.Nc1nccc(Nc2cc([As]=O)ccc2O)n1. The number of nitrogens with one attached hydrogen (secondary N) is 1. The van der Waals surface area contributed by atoms with Crippen molar-refractivity contribution in [3.05, 3.63) is 30.5 Å². The van der Waals surface area contributed by atoms with Gasteiger partial charge < -0.3 is 0 Å². The van der Waals surface area contributed by atoms with Gasteiger partial charge in [-0.1, -0.05) is 0 Å². The monoisotopic (exact) mass is 328 g/mol. The molecule has 2 rings (SSSR count). The van der Waals surface area contributed by atoms with Crippen LogP contribution in [0.5, 0.6) is 5.75 Å². The van der Waals surface area contributed by atoms with Crippen LogP contribution in [0.25, 0.3) is 0 Å². The number of benzene rings is 1. The Morgan fingerprint density at radius 1 is 1.33 bits per heavy atom. The summed E-state index contributed by atoms with van der Waals surface area (Å²) in [5.41, 5.74) is 5.87. The van der Waals surface area contributed by atoms with E-state index < -0.39 is 15.7 Å². The first-order chi connectivity index (χ1) is 8.19. The van der Waals surface area contributed by atoms with Crippen molar-refractivity contribution in [2.75, 3.05) is 11.1 Å². The molecule has 6 nitrogen and oxygen atoms in total. The zero-order chi connectivity index (χ0) is 12.3. The third-order valence-electron chi connectivity index (χ3n) is 2.02. The quantitative estimate of drug-likeness (QED) is 0.563. The van der Waals surface area contributed by atoms with E-state index in [0.29, 0.717) is 15.9 Å². The predicted octanol–water partition coefficient (Wildman–Crippen LogP) is 0.605. The number of aromatic hydroxyl groups is 1. The average molecular weight is 329 g/mol. The van der Waals surface area contributed by atoms with Gasteiger partial charge in [0, 0.05) is 0 Å². The number of nitrogen functional groups attached to an aromatic ring is 1. The maximum atomic E-state index is 10.8. The molecule has 1 aromatic heterocycles. The number of anilines is 3. The summed E-state index contributed by atoms with van der Waals surface area (Å²) in [7, 11) is 0. The fourth-order valence-corrected chi connectivity index (χ4v) is 1.93. The summed E-state index contributed by atoms with van der Waals surface area (Å²) < 4.78 is 11.5. The summed E-state index contributed by atoms with van der Waals surface area (Å²) in [4.78, 5) is 7.70. The van der Waals surface area contributed by atoms with Crippen LogP contribution in [-0.2, 0) is 3.74 Å². The second-order valence-corrected chi connectivity index (χ2v) is 4.68. The Morgan fingerprint density at radius 2 is 2.11 bits per heavy atom. The number of halogens is 1. The first-order valence-electron chi connectivity index (χ1n) is 4.71. The Morgan fingerprint density at radius 3 is 2.78 bits per heavy atom. The number of phenolic OH excluding ortho intramolecular Hbond substituents is 1. The molecule has 0 amide bonds. The molecule has 0 radical (unpaired) electrons. The minimum absolute atomic E-state index is 0. The van der Waals surface area contributed by atoms with Crippen molar-refractivity contribution < 1.29 is 8.85 Å². The van der Waals surface area contributed by atoms with Gasteiger partial charge in [0.15, 0.2) is 0 Å². The average Bonchev–Trinajstić information content (AvgIpc) is 2.32. The van der Waals surface area contributed by atoms with Crippen molar-refractivity contribution in [2.24, 2.45) is 0 Å². The standard InChI is InChI=1S/C10H9AsN4O2.ClH/c12-10-13-4-3-9(15-10)14-7-5-6(11-17)1-2-8(7)16;/h1-5,16H,(H3,12,13,14,15);1H. The Kier molecular flexibility index (Phi) is 5.06. The molecule has 0 saturated carbocycles. The topological polar surface area (TPSA) is 101 Å². The molecule has 0 atom stereocenters. The third-order valence-corrected chi connectivity index (χ3v) is 3.05. The summed E-state index contributed by atoms with van der Waals surface area (Å²) in [6.07, 6.45) is 1.51. The Balaban J connectivity index is 0.00000162. The second kappa shape index (κ2) is 6.33. The van der Waals surface area contributed by atoms with E-state index in [-0.39, 0.29) is 24.1 Å². The molecule has 0 bridgehead atoms. The number of hydrogen-bond donors (Lipinski definition) is 3. The third kappa shape index (κ3) is 3.42. The van der Waals surface area contributed by atoms with Gasteiger partial charge in [-0.2, -0.15) is 0 Å². The molecule has 1 heterocycles. The Bertz CT molecular complexity index is 567. The van der Waals surface area contributed by atoms with Crippen LogP contribution in [0, 0.1) is 0 Å². The number of rotatable bonds is 3. The van der Waals surface area contributed by atoms with E-state index in [1.165, 1.54) is 12.3 Å². The van der Waals surface area contributed by atoms with E-state index >= 15 is 0 Å². The van der Waals surface area contributed by atoms with Gasteiger partial charge in [0.25, 0.3) is 0 Å². The van der Waals surface area contributed by atoms with Gasteiger partial charge in [-0.15, -0.1) is 12.4 Å². The molecule has 94 valence electrons. The fourth-order valence-electron chi connectivity index (χ4n) is 1.26. The first-order valence-corrected chi connectivity index (χ1v) is 6.41. The van der Waals surface area contributed by atoms with Gasteiger partial charge in [0.2, 0.25) is 0 Å². The van der Waals surface area contributed by atoms with Crippen molar-refractivity contribution in [1.82, 2.24) is 9.97 Å². The van der Waals surface area contributed by atoms with Crippen molar-refractivity contribution in [3.63, 3.8) is 0 Å². The van der Waals surface area contributed by atoms with Crippen LogP contribution < -0.4 is 15.4 Å². The van der Waals surface area contributed by atoms with Gasteiger partial charge in [-0.05, 0) is 0 Å². The molecule has 0 fully saturated rings. The molecule has 0 aliphatic heterocycles. The van der Waals surface area contributed by atoms with Gasteiger partial charge in [0.1, 0.15) is 0 Å². The van der Waals surface area contributed by atoms with Crippen LogP contribution in [0.15, 0.2) is 30.5 Å². The van der Waals surface area contributed by atoms with Crippen LogP contribution in [0.3, 0.4) is 0 Å². The number of hydrogen-bond acceptors (Lipinski definition) is 6. The van der Waals surface area contributed by atoms with Gasteiger partial charge in [-0.3, -0.25) is 0 Å². The molecule has 8 heteroatoms. The molecule has 18 heavy (non-hydrogen) atoms. The zero-order valence-corrected chi connectivity index (χ0v) is 11.8. The van der Waals surface area contributed by atoms with E-state index in [4.69, 9.17) is 5.73 Å². The molecule has 0 unspecified atom stereocenters. The predicted molar refractivity (Wildman–Crippen MR) is 71.2 cm³/mol. The zero-order valence-electron chi connectivity index (χ0n) is 9.07. The molecular weight excluding hydrogens is 319 g/mol. The van der Waals surface area contributed by atoms with Crippen molar-refractivity contribution >= 4 is 49.9 Å². The number of aromatic nitrogens is 2. The molecule has 1 aromatic carbocycles. The molecule has 4 N–H and O–H groups in total. The molecule has 0 aliphatic rings. The maximum absolute atomic E-state index is 10.8. The van der Waals surface area contributed by atoms with Crippen LogP contribution in [0.4, 0.5) is 17.5 Å². The second-order valence-electron chi connectivity index (χ2n) is 3.22. The fraction of sp³-hybridized carbons (Fsp3) is 0. The summed E-state index contributed by atoms with van der Waals surface area (Å²) in [5.74, 6) is 0.661. The van der Waals surface area contributed by atoms with Gasteiger partial charge in [0.05, 0.1) is 0 Å². The minimum atomic E-state index is -1.13. The van der Waals surface area contributed by atoms with E-state index in [1.807, 2.05) is 0 Å². The van der Waals surface area contributed by atoms with Crippen LogP contribution >= 0.6 is 12.4 Å². The number of nitrogens with two attached hydrogens (primary N) is 1. The van der Waals surface area contributed by atoms with Crippen LogP contribution in [0.2, 0.25) is 0 Å². The van der Waals surface area contributed by atoms with Crippen molar-refractivity contribution in [3.8, 4) is 5.75 Å². The van der Waals surface area contributed by atoms with Crippen molar-refractivity contribution in [1.29, 1.82) is 0 Å². The molecule has 2 aromatic rings. The summed E-state index contributed by atoms with van der Waals surface area (Å²) in [6.45, 7) is 0. The molecular formula is C10H10AsClN4O2. The van der Waals surface area contributed by atoms with E-state index in [9.17, 15) is 8.85 Å². The number of nitrogens with zero attached hydrogens (tertiary/aromatic N) is 2. The van der Waals surface area contributed by atoms with Crippen LogP contribution in [-0.4, -0.2) is 30.8 Å². The van der Waals surface area contributed by atoms with E-state index in [2.05, 4.69) is 15.3 Å². The van der Waals surface area contributed by atoms with Gasteiger partial charge >= 0.3 is 104 Å². The van der Waals surface area contributed by atoms with Crippen molar-refractivity contribution in [2.45, 2.75) is 0 Å². The Hall–Kier alpha value is -1.65. The summed E-state index contributed by atoms with van der Waals surface area (Å²) >= 11 is -1.13. The molecule has 0 aliphatic carbocycles. The molecule has 0 saturated heterocycles. The molecule has 0 spiro atoms. The number of phenols is 1. The normalized spacial score (nSPS) is 9.78. The van der Waals surface area contributed by atoms with Crippen LogP contribution in [0.1, 0.15) is 0 Å². The Labute approximate surface area is 116 Å². The summed E-state index contributed by atoms with van der Waals surface area (Å²) in [6, 6.07) is 6.33. The summed E-state index contributed by atoms with van der Waals surface area (Å²) in [5, 5.41) is 12.5. The first kappa shape index (κ1) is 14.4. The van der Waals surface area contributed by atoms with E-state index in [0.717, 1.165) is 0 Å². The van der Waals surface area contributed by atoms with Gasteiger partial charge in [-0.25, -0.2) is 0 Å².